The third kappa shape index (κ3) is 3.10. The van der Waals surface area contributed by atoms with Gasteiger partial charge in [0.05, 0.1) is 12.2 Å². The number of allylic oxidation sites excluding steroid dienone is 1. The summed E-state index contributed by atoms with van der Waals surface area (Å²) in [6.07, 6.45) is 1.53. The van der Waals surface area contributed by atoms with Gasteiger partial charge in [-0.05, 0) is 43.7 Å². The molecule has 0 aliphatic carbocycles. The highest BCUT2D eigenvalue weighted by Gasteiger charge is 2.33. The number of carbonyl (C=O) groups is 1. The second kappa shape index (κ2) is 7.36. The van der Waals surface area contributed by atoms with E-state index in [1.165, 1.54) is 6.26 Å². The molecule has 0 saturated carbocycles. The first-order valence-electron chi connectivity index (χ1n) is 9.93. The second-order valence-corrected chi connectivity index (χ2v) is 7.59. The van der Waals surface area contributed by atoms with Crippen molar-refractivity contribution in [1.29, 1.82) is 5.26 Å². The number of nitrogens with zero attached hydrogens (tertiary/aromatic N) is 1. The fourth-order valence-electron chi connectivity index (χ4n) is 3.93. The Morgan fingerprint density at radius 1 is 1.16 bits per heavy atom. The zero-order valence-electron chi connectivity index (χ0n) is 17.3. The summed E-state index contributed by atoms with van der Waals surface area (Å²) < 4.78 is 22.5. The molecule has 1 unspecified atom stereocenters. The fourth-order valence-corrected chi connectivity index (χ4v) is 3.93. The number of rotatable bonds is 3. The summed E-state index contributed by atoms with van der Waals surface area (Å²) in [6.45, 7) is 3.77. The van der Waals surface area contributed by atoms with E-state index < -0.39 is 11.9 Å². The lowest BCUT2D eigenvalue weighted by Crippen LogP contribution is -2.21. The number of furan rings is 2. The van der Waals surface area contributed by atoms with Crippen molar-refractivity contribution in [2.45, 2.75) is 19.8 Å². The van der Waals surface area contributed by atoms with Gasteiger partial charge in [-0.15, -0.1) is 0 Å². The Hall–Kier alpha value is -4.44. The van der Waals surface area contributed by atoms with Crippen LogP contribution in [0.15, 0.2) is 75.1 Å². The number of nitrogens with two attached hydrogens (primary N) is 1. The van der Waals surface area contributed by atoms with E-state index in [0.29, 0.717) is 28.2 Å². The highest BCUT2D eigenvalue weighted by Crippen LogP contribution is 2.43. The Kier molecular flexibility index (Phi) is 4.49. The average molecular weight is 426 g/mol. The summed E-state index contributed by atoms with van der Waals surface area (Å²) in [5, 5.41) is 10.4. The van der Waals surface area contributed by atoms with E-state index in [1.54, 1.807) is 30.3 Å². The van der Waals surface area contributed by atoms with Crippen molar-refractivity contribution >= 4 is 16.9 Å². The van der Waals surface area contributed by atoms with E-state index in [-0.39, 0.29) is 23.0 Å². The molecule has 0 amide bonds. The van der Waals surface area contributed by atoms with Crippen LogP contribution in [-0.2, 0) is 0 Å². The van der Waals surface area contributed by atoms with E-state index in [1.807, 2.05) is 32.0 Å². The summed E-state index contributed by atoms with van der Waals surface area (Å²) in [6, 6.07) is 16.3. The number of carbonyl (C=O) groups excluding carboxylic acids is 1. The fraction of sp³-hybridized carbons (Fsp3) is 0.120. The minimum atomic E-state index is -0.615. The maximum absolute atomic E-state index is 12.8. The maximum atomic E-state index is 12.8. The molecule has 5 rings (SSSR count). The van der Waals surface area contributed by atoms with Crippen molar-refractivity contribution in [3.8, 4) is 17.6 Å². The minimum Gasteiger partial charge on any atom is -0.468 e. The maximum Gasteiger partial charge on any atom is 0.379 e. The first kappa shape index (κ1) is 19.5. The molecule has 1 atom stereocenters. The first-order valence-corrected chi connectivity index (χ1v) is 9.93. The van der Waals surface area contributed by atoms with Crippen LogP contribution in [0.4, 0.5) is 0 Å². The lowest BCUT2D eigenvalue weighted by Gasteiger charge is -2.25. The molecule has 1 aliphatic rings. The third-order valence-electron chi connectivity index (χ3n) is 5.51. The van der Waals surface area contributed by atoms with E-state index in [9.17, 15) is 10.1 Å². The van der Waals surface area contributed by atoms with Crippen LogP contribution in [0.5, 0.6) is 11.5 Å². The largest absolute Gasteiger partial charge is 0.468 e. The van der Waals surface area contributed by atoms with Crippen LogP contribution in [0, 0.1) is 25.2 Å². The quantitative estimate of drug-likeness (QED) is 0.359. The van der Waals surface area contributed by atoms with Gasteiger partial charge in [0.1, 0.15) is 34.5 Å². The van der Waals surface area contributed by atoms with Gasteiger partial charge in [0.15, 0.2) is 0 Å². The highest BCUT2D eigenvalue weighted by atomic mass is 16.5. The van der Waals surface area contributed by atoms with Crippen LogP contribution in [0.1, 0.15) is 38.9 Å². The van der Waals surface area contributed by atoms with Gasteiger partial charge in [0, 0.05) is 22.6 Å². The predicted molar refractivity (Wildman–Crippen MR) is 115 cm³/mol. The van der Waals surface area contributed by atoms with Gasteiger partial charge in [-0.25, -0.2) is 4.79 Å². The first-order chi connectivity index (χ1) is 15.5. The van der Waals surface area contributed by atoms with Crippen molar-refractivity contribution in [1.82, 2.24) is 0 Å². The summed E-state index contributed by atoms with van der Waals surface area (Å²) in [5.74, 6) is 0.200. The highest BCUT2D eigenvalue weighted by molar-refractivity contribution is 5.97. The molecule has 0 saturated heterocycles. The number of nitriles is 1. The molecular weight excluding hydrogens is 408 g/mol. The van der Waals surface area contributed by atoms with Crippen LogP contribution in [-0.4, -0.2) is 5.97 Å². The molecule has 2 aromatic heterocycles. The van der Waals surface area contributed by atoms with Gasteiger partial charge in [0.25, 0.3) is 0 Å². The normalized spacial score (nSPS) is 15.2. The Bertz CT molecular complexity index is 1440. The summed E-state index contributed by atoms with van der Waals surface area (Å²) in [7, 11) is 0. The molecule has 158 valence electrons. The molecule has 4 aromatic rings. The Labute approximate surface area is 183 Å². The number of benzene rings is 2. The van der Waals surface area contributed by atoms with Crippen LogP contribution in [0.25, 0.3) is 11.0 Å². The van der Waals surface area contributed by atoms with Crippen molar-refractivity contribution in [3.63, 3.8) is 0 Å². The van der Waals surface area contributed by atoms with Crippen molar-refractivity contribution in [2.75, 3.05) is 0 Å². The topological polar surface area (TPSA) is 112 Å². The Balaban J connectivity index is 1.48. The van der Waals surface area contributed by atoms with Crippen LogP contribution in [0.2, 0.25) is 0 Å². The van der Waals surface area contributed by atoms with Gasteiger partial charge >= 0.3 is 5.97 Å². The van der Waals surface area contributed by atoms with Crippen molar-refractivity contribution in [3.05, 3.63) is 94.5 Å². The van der Waals surface area contributed by atoms with Gasteiger partial charge in [-0.1, -0.05) is 18.2 Å². The van der Waals surface area contributed by atoms with Crippen molar-refractivity contribution in [2.24, 2.45) is 5.73 Å². The monoisotopic (exact) mass is 426 g/mol. The minimum absolute atomic E-state index is 0.0200. The van der Waals surface area contributed by atoms with E-state index >= 15 is 0 Å². The summed E-state index contributed by atoms with van der Waals surface area (Å²) in [5.41, 5.74) is 9.30. The van der Waals surface area contributed by atoms with Crippen LogP contribution >= 0.6 is 0 Å². The lowest BCUT2D eigenvalue weighted by atomic mass is 9.87. The molecule has 0 bridgehead atoms. The summed E-state index contributed by atoms with van der Waals surface area (Å²) in [4.78, 5) is 12.8. The van der Waals surface area contributed by atoms with Crippen LogP contribution in [0.3, 0.4) is 0 Å². The molecule has 0 radical (unpaired) electrons. The smallest absolute Gasteiger partial charge is 0.379 e. The lowest BCUT2D eigenvalue weighted by molar-refractivity contribution is 0.0702. The average Bonchev–Trinajstić information content (AvgIpc) is 3.40. The van der Waals surface area contributed by atoms with Gasteiger partial charge in [-0.3, -0.25) is 0 Å². The van der Waals surface area contributed by atoms with Gasteiger partial charge < -0.3 is 24.0 Å². The molecular formula is C25H18N2O5. The molecule has 7 nitrogen and oxygen atoms in total. The number of hydrogen-bond donors (Lipinski definition) is 1. The number of esters is 1. The molecule has 7 heteroatoms. The van der Waals surface area contributed by atoms with Gasteiger partial charge in [-0.2, -0.15) is 5.26 Å². The Morgan fingerprint density at radius 3 is 2.75 bits per heavy atom. The molecule has 2 aromatic carbocycles. The molecule has 2 N–H and O–H groups in total. The van der Waals surface area contributed by atoms with Crippen molar-refractivity contribution < 1.29 is 23.1 Å². The Morgan fingerprint density at radius 2 is 2.00 bits per heavy atom. The molecule has 1 aliphatic heterocycles. The van der Waals surface area contributed by atoms with Crippen LogP contribution < -0.4 is 15.2 Å². The van der Waals surface area contributed by atoms with E-state index in [2.05, 4.69) is 6.07 Å². The number of aryl methyl sites for hydroxylation is 2. The third-order valence-corrected chi connectivity index (χ3v) is 5.51. The summed E-state index contributed by atoms with van der Waals surface area (Å²) >= 11 is 0. The standard InChI is InChI=1S/C25H18N2O5/c1-13-5-7-16-14(2)23(31-20(16)10-13)25(28)30-15-6-8-17-21(11-15)32-24(27)18(12-26)22(17)19-4-3-9-29-19/h3-11,22H,27H2,1-2H3. The van der Waals surface area contributed by atoms with E-state index in [0.717, 1.165) is 10.9 Å². The zero-order chi connectivity index (χ0) is 22.4. The zero-order valence-corrected chi connectivity index (χ0v) is 17.3. The number of hydrogen-bond acceptors (Lipinski definition) is 7. The predicted octanol–water partition coefficient (Wildman–Crippen LogP) is 5.08. The number of ether oxygens (including phenoxy) is 2. The second-order valence-electron chi connectivity index (χ2n) is 7.59. The molecule has 3 heterocycles. The molecule has 0 fully saturated rings. The molecule has 0 spiro atoms. The number of fused-ring (bicyclic) bond motifs is 2. The van der Waals surface area contributed by atoms with E-state index in [4.69, 9.17) is 24.0 Å². The van der Waals surface area contributed by atoms with Gasteiger partial charge in [0.2, 0.25) is 11.6 Å². The SMILES string of the molecule is Cc1ccc2c(C)c(C(=O)Oc3ccc4c(c3)OC(N)=C(C#N)C4c3ccco3)oc2c1. The molecule has 32 heavy (non-hydrogen) atoms.